The van der Waals surface area contributed by atoms with Crippen LogP contribution < -0.4 is 10.1 Å². The van der Waals surface area contributed by atoms with Gasteiger partial charge >= 0.3 is 0 Å². The normalized spacial score (nSPS) is 11.7. The molecule has 0 saturated carbocycles. The fourth-order valence-corrected chi connectivity index (χ4v) is 3.31. The van der Waals surface area contributed by atoms with E-state index in [-0.39, 0.29) is 22.8 Å². The number of ether oxygens (including phenoxy) is 1. The Labute approximate surface area is 169 Å². The maximum Gasteiger partial charge on any atom is 0.271 e. The molecule has 3 aromatic rings. The third-order valence-electron chi connectivity index (χ3n) is 3.93. The Balaban J connectivity index is 1.78. The molecule has 0 aliphatic carbocycles. The predicted molar refractivity (Wildman–Crippen MR) is 105 cm³/mol. The highest BCUT2D eigenvalue weighted by atomic mass is 32.2. The number of carbonyl (C=O) groups excluding carboxylic acids is 1. The van der Waals surface area contributed by atoms with E-state index < -0.39 is 21.9 Å². The van der Waals surface area contributed by atoms with Crippen LogP contribution in [0.2, 0.25) is 0 Å². The first-order chi connectivity index (χ1) is 13.9. The molecule has 2 aromatic carbocycles. The Hall–Kier alpha value is -3.47. The lowest BCUT2D eigenvalue weighted by Gasteiger charge is -2.14. The van der Waals surface area contributed by atoms with Gasteiger partial charge < -0.3 is 10.1 Å². The van der Waals surface area contributed by atoms with Crippen molar-refractivity contribution < 1.29 is 18.8 Å². The lowest BCUT2D eigenvalue weighted by Crippen LogP contribution is -2.23. The summed E-state index contributed by atoms with van der Waals surface area (Å²) in [6, 6.07) is 10.0. The summed E-state index contributed by atoms with van der Waals surface area (Å²) < 4.78 is 20.7. The van der Waals surface area contributed by atoms with Crippen molar-refractivity contribution in [2.24, 2.45) is 0 Å². The largest absolute Gasteiger partial charge is 0.495 e. The number of thioether (sulfide) groups is 1. The molecule has 1 aromatic heterocycles. The van der Waals surface area contributed by atoms with E-state index >= 15 is 0 Å². The number of aromatic nitrogens is 3. The fraction of sp³-hybridized carbons (Fsp3) is 0.167. The number of amides is 1. The molecule has 9 nitrogen and oxygen atoms in total. The smallest absolute Gasteiger partial charge is 0.271 e. The number of anilines is 1. The minimum absolute atomic E-state index is 0.176. The van der Waals surface area contributed by atoms with Crippen molar-refractivity contribution in [1.82, 2.24) is 14.8 Å². The molecule has 29 heavy (non-hydrogen) atoms. The van der Waals surface area contributed by atoms with Crippen LogP contribution in [-0.2, 0) is 4.79 Å². The van der Waals surface area contributed by atoms with E-state index in [2.05, 4.69) is 15.5 Å². The van der Waals surface area contributed by atoms with Gasteiger partial charge in [0.2, 0.25) is 5.91 Å². The summed E-state index contributed by atoms with van der Waals surface area (Å²) >= 11 is 1.07. The van der Waals surface area contributed by atoms with Crippen LogP contribution in [0, 0.1) is 15.9 Å². The van der Waals surface area contributed by atoms with E-state index in [1.165, 1.54) is 42.3 Å². The van der Waals surface area contributed by atoms with Crippen molar-refractivity contribution in [1.29, 1.82) is 0 Å². The summed E-state index contributed by atoms with van der Waals surface area (Å²) in [6.07, 6.45) is 1.36. The highest BCUT2D eigenvalue weighted by molar-refractivity contribution is 8.00. The van der Waals surface area contributed by atoms with Crippen LogP contribution >= 0.6 is 11.8 Å². The van der Waals surface area contributed by atoms with E-state index in [0.29, 0.717) is 5.16 Å². The molecule has 0 aliphatic rings. The standard InChI is InChI=1S/C18H16FN5O4S/c1-11(17(25)21-14-9-12(24(26)27)7-8-16(14)28-2)29-18-22-20-10-23(18)15-6-4-3-5-13(15)19/h3-11H,1-2H3,(H,21,25). The third kappa shape index (κ3) is 4.51. The number of rotatable bonds is 7. The first-order valence-corrected chi connectivity index (χ1v) is 9.23. The number of nitrogens with zero attached hydrogens (tertiary/aromatic N) is 4. The van der Waals surface area contributed by atoms with E-state index in [4.69, 9.17) is 4.74 Å². The second-order valence-corrected chi connectivity index (χ2v) is 7.13. The van der Waals surface area contributed by atoms with Crippen LogP contribution in [0.4, 0.5) is 15.8 Å². The number of non-ortho nitro benzene ring substituents is 1. The Morgan fingerprint density at radius 3 is 2.79 bits per heavy atom. The minimum atomic E-state index is -0.659. The molecule has 0 fully saturated rings. The number of hydrogen-bond acceptors (Lipinski definition) is 7. The molecular weight excluding hydrogens is 401 g/mol. The molecule has 1 atom stereocenters. The number of para-hydroxylation sites is 1. The van der Waals surface area contributed by atoms with Gasteiger partial charge in [-0.05, 0) is 25.1 Å². The molecule has 1 unspecified atom stereocenters. The van der Waals surface area contributed by atoms with Gasteiger partial charge in [-0.3, -0.25) is 19.5 Å². The molecule has 1 amide bonds. The molecule has 3 rings (SSSR count). The van der Waals surface area contributed by atoms with Gasteiger partial charge in [-0.1, -0.05) is 23.9 Å². The number of carbonyl (C=O) groups is 1. The summed E-state index contributed by atoms with van der Waals surface area (Å²) in [5.41, 5.74) is 0.253. The van der Waals surface area contributed by atoms with Crippen LogP contribution in [0.3, 0.4) is 0 Å². The van der Waals surface area contributed by atoms with Crippen LogP contribution in [0.15, 0.2) is 53.9 Å². The van der Waals surface area contributed by atoms with E-state index in [1.54, 1.807) is 25.1 Å². The van der Waals surface area contributed by atoms with Crippen molar-refractivity contribution in [3.63, 3.8) is 0 Å². The predicted octanol–water partition coefficient (Wildman–Crippen LogP) is 3.44. The molecule has 0 bridgehead atoms. The maximum atomic E-state index is 14.1. The van der Waals surface area contributed by atoms with E-state index in [0.717, 1.165) is 11.8 Å². The number of methoxy groups -OCH3 is 1. The Kier molecular flexibility index (Phi) is 6.07. The highest BCUT2D eigenvalue weighted by Crippen LogP contribution is 2.31. The summed E-state index contributed by atoms with van der Waals surface area (Å²) in [5, 5.41) is 21.0. The van der Waals surface area contributed by atoms with E-state index in [9.17, 15) is 19.3 Å². The zero-order valence-corrected chi connectivity index (χ0v) is 16.2. The molecule has 11 heteroatoms. The Morgan fingerprint density at radius 1 is 1.34 bits per heavy atom. The van der Waals surface area contributed by atoms with Gasteiger partial charge in [-0.15, -0.1) is 10.2 Å². The topological polar surface area (TPSA) is 112 Å². The Bertz CT molecular complexity index is 1060. The lowest BCUT2D eigenvalue weighted by atomic mass is 10.2. The molecule has 0 spiro atoms. The highest BCUT2D eigenvalue weighted by Gasteiger charge is 2.21. The van der Waals surface area contributed by atoms with Gasteiger partial charge in [0.25, 0.3) is 5.69 Å². The van der Waals surface area contributed by atoms with Gasteiger partial charge in [-0.25, -0.2) is 4.39 Å². The number of halogens is 1. The minimum Gasteiger partial charge on any atom is -0.495 e. The number of benzene rings is 2. The van der Waals surface area contributed by atoms with Crippen molar-refractivity contribution in [3.05, 3.63) is 64.7 Å². The van der Waals surface area contributed by atoms with Gasteiger partial charge in [0.1, 0.15) is 17.9 Å². The molecule has 1 N–H and O–H groups in total. The average Bonchev–Trinajstić information content (AvgIpc) is 3.16. The molecule has 0 saturated heterocycles. The quantitative estimate of drug-likeness (QED) is 0.356. The van der Waals surface area contributed by atoms with Gasteiger partial charge in [0.05, 0.1) is 28.7 Å². The molecule has 0 aliphatic heterocycles. The zero-order valence-electron chi connectivity index (χ0n) is 15.4. The first kappa shape index (κ1) is 20.3. The second kappa shape index (κ2) is 8.69. The number of nitro benzene ring substituents is 1. The van der Waals surface area contributed by atoms with Gasteiger partial charge in [-0.2, -0.15) is 0 Å². The molecule has 1 heterocycles. The molecule has 150 valence electrons. The lowest BCUT2D eigenvalue weighted by molar-refractivity contribution is -0.384. The number of hydrogen-bond donors (Lipinski definition) is 1. The monoisotopic (exact) mass is 417 g/mol. The number of nitrogens with one attached hydrogen (secondary N) is 1. The molecule has 0 radical (unpaired) electrons. The van der Waals surface area contributed by atoms with Crippen molar-refractivity contribution >= 4 is 29.0 Å². The summed E-state index contributed by atoms with van der Waals surface area (Å²) in [4.78, 5) is 23.0. The van der Waals surface area contributed by atoms with Crippen LogP contribution in [-0.4, -0.2) is 38.0 Å². The third-order valence-corrected chi connectivity index (χ3v) is 4.99. The van der Waals surface area contributed by atoms with Gasteiger partial charge in [0, 0.05) is 12.1 Å². The van der Waals surface area contributed by atoms with Crippen LogP contribution in [0.25, 0.3) is 5.69 Å². The van der Waals surface area contributed by atoms with Crippen molar-refractivity contribution in [3.8, 4) is 11.4 Å². The SMILES string of the molecule is COc1ccc([N+](=O)[O-])cc1NC(=O)C(C)Sc1nncn1-c1ccccc1F. The maximum absolute atomic E-state index is 14.1. The van der Waals surface area contributed by atoms with Crippen molar-refractivity contribution in [2.75, 3.05) is 12.4 Å². The van der Waals surface area contributed by atoms with Gasteiger partial charge in [0.15, 0.2) is 5.16 Å². The van der Waals surface area contributed by atoms with Crippen LogP contribution in [0.5, 0.6) is 5.75 Å². The van der Waals surface area contributed by atoms with Crippen molar-refractivity contribution in [2.45, 2.75) is 17.3 Å². The van der Waals surface area contributed by atoms with E-state index in [1.807, 2.05) is 0 Å². The average molecular weight is 417 g/mol. The zero-order chi connectivity index (χ0) is 21.0. The fourth-order valence-electron chi connectivity index (χ4n) is 2.47. The Morgan fingerprint density at radius 2 is 2.10 bits per heavy atom. The second-order valence-electron chi connectivity index (χ2n) is 5.83. The summed E-state index contributed by atoms with van der Waals surface area (Å²) in [6.45, 7) is 1.63. The number of nitro groups is 1. The summed E-state index contributed by atoms with van der Waals surface area (Å²) in [5.74, 6) is -0.597. The first-order valence-electron chi connectivity index (χ1n) is 8.35. The molecular formula is C18H16FN5O4S. The summed E-state index contributed by atoms with van der Waals surface area (Å²) in [7, 11) is 1.39. The van der Waals surface area contributed by atoms with Crippen LogP contribution in [0.1, 0.15) is 6.92 Å².